The molecule has 84 valence electrons. The van der Waals surface area contributed by atoms with E-state index >= 15 is 0 Å². The molecule has 0 N–H and O–H groups in total. The van der Waals surface area contributed by atoms with Crippen LogP contribution in [0.15, 0.2) is 23.3 Å². The lowest BCUT2D eigenvalue weighted by molar-refractivity contribution is -0.385. The standard InChI is InChI=1S/C9H10N4O3/c1-7-6-8(16-5-4-11-12-10)2-3-9(7)13(14)15/h2-3,6H,4-5H2,1H3. The lowest BCUT2D eigenvalue weighted by atomic mass is 10.2. The van der Waals surface area contributed by atoms with Crippen LogP contribution in [-0.4, -0.2) is 18.1 Å². The van der Waals surface area contributed by atoms with E-state index in [9.17, 15) is 10.1 Å². The first kappa shape index (κ1) is 11.8. The van der Waals surface area contributed by atoms with Crippen LogP contribution in [0.2, 0.25) is 0 Å². The van der Waals surface area contributed by atoms with Crippen LogP contribution in [0.1, 0.15) is 5.56 Å². The van der Waals surface area contributed by atoms with Gasteiger partial charge < -0.3 is 4.74 Å². The van der Waals surface area contributed by atoms with E-state index in [4.69, 9.17) is 10.3 Å². The molecular weight excluding hydrogens is 212 g/mol. The number of benzene rings is 1. The molecule has 0 heterocycles. The van der Waals surface area contributed by atoms with Crippen LogP contribution >= 0.6 is 0 Å². The van der Waals surface area contributed by atoms with Gasteiger partial charge in [-0.1, -0.05) is 5.11 Å². The second kappa shape index (κ2) is 5.57. The number of aryl methyl sites for hydroxylation is 1. The molecule has 0 aliphatic carbocycles. The van der Waals surface area contributed by atoms with Crippen LogP contribution in [0.4, 0.5) is 5.69 Å². The number of hydrogen-bond acceptors (Lipinski definition) is 4. The molecule has 1 rings (SSSR count). The smallest absolute Gasteiger partial charge is 0.272 e. The molecule has 0 bridgehead atoms. The number of nitrogens with zero attached hydrogens (tertiary/aromatic N) is 4. The van der Waals surface area contributed by atoms with Crippen molar-refractivity contribution in [3.8, 4) is 5.75 Å². The Labute approximate surface area is 91.4 Å². The second-order valence-corrected chi connectivity index (χ2v) is 3.01. The van der Waals surface area contributed by atoms with E-state index in [0.29, 0.717) is 11.3 Å². The molecule has 0 aromatic heterocycles. The van der Waals surface area contributed by atoms with Gasteiger partial charge in [0.05, 0.1) is 18.1 Å². The van der Waals surface area contributed by atoms with Crippen molar-refractivity contribution in [1.29, 1.82) is 0 Å². The van der Waals surface area contributed by atoms with Gasteiger partial charge in [0.1, 0.15) is 5.75 Å². The summed E-state index contributed by atoms with van der Waals surface area (Å²) in [6, 6.07) is 4.48. The van der Waals surface area contributed by atoms with Crippen molar-refractivity contribution < 1.29 is 9.66 Å². The lowest BCUT2D eigenvalue weighted by Gasteiger charge is -2.04. The molecule has 0 unspecified atom stereocenters. The first-order valence-electron chi connectivity index (χ1n) is 4.54. The molecule has 0 saturated heterocycles. The number of hydrogen-bond donors (Lipinski definition) is 0. The van der Waals surface area contributed by atoms with E-state index in [1.54, 1.807) is 13.0 Å². The van der Waals surface area contributed by atoms with Crippen molar-refractivity contribution in [3.63, 3.8) is 0 Å². The zero-order valence-corrected chi connectivity index (χ0v) is 8.66. The van der Waals surface area contributed by atoms with E-state index in [1.807, 2.05) is 0 Å². The number of nitro groups is 1. The Morgan fingerprint density at radius 1 is 1.62 bits per heavy atom. The normalized spacial score (nSPS) is 9.31. The molecule has 0 atom stereocenters. The number of nitro benzene ring substituents is 1. The third-order valence-corrected chi connectivity index (χ3v) is 1.89. The summed E-state index contributed by atoms with van der Waals surface area (Å²) < 4.78 is 5.24. The van der Waals surface area contributed by atoms with Gasteiger partial charge in [-0.25, -0.2) is 0 Å². The highest BCUT2D eigenvalue weighted by molar-refractivity contribution is 5.44. The van der Waals surface area contributed by atoms with E-state index in [2.05, 4.69) is 10.0 Å². The molecule has 0 amide bonds. The van der Waals surface area contributed by atoms with Crippen molar-refractivity contribution in [1.82, 2.24) is 0 Å². The average molecular weight is 222 g/mol. The second-order valence-electron chi connectivity index (χ2n) is 3.01. The molecule has 7 heteroatoms. The third-order valence-electron chi connectivity index (χ3n) is 1.89. The third kappa shape index (κ3) is 3.14. The molecule has 0 aliphatic rings. The van der Waals surface area contributed by atoms with Crippen molar-refractivity contribution in [2.75, 3.05) is 13.2 Å². The van der Waals surface area contributed by atoms with Crippen LogP contribution in [0.3, 0.4) is 0 Å². The zero-order valence-electron chi connectivity index (χ0n) is 8.66. The summed E-state index contributed by atoms with van der Waals surface area (Å²) in [6.45, 7) is 2.12. The molecule has 1 aromatic carbocycles. The van der Waals surface area contributed by atoms with Crippen LogP contribution in [-0.2, 0) is 0 Å². The average Bonchev–Trinajstić information content (AvgIpc) is 2.24. The predicted molar refractivity (Wildman–Crippen MR) is 57.3 cm³/mol. The Kier molecular flexibility index (Phi) is 4.11. The summed E-state index contributed by atoms with van der Waals surface area (Å²) in [7, 11) is 0. The molecule has 7 nitrogen and oxygen atoms in total. The maximum absolute atomic E-state index is 10.5. The highest BCUT2D eigenvalue weighted by atomic mass is 16.6. The number of azide groups is 1. The minimum absolute atomic E-state index is 0.0578. The first-order chi connectivity index (χ1) is 7.65. The fourth-order valence-corrected chi connectivity index (χ4v) is 1.17. The Bertz CT molecular complexity index is 440. The van der Waals surface area contributed by atoms with Gasteiger partial charge in [0.25, 0.3) is 5.69 Å². The highest BCUT2D eigenvalue weighted by Gasteiger charge is 2.10. The van der Waals surface area contributed by atoms with Gasteiger partial charge in [-0.2, -0.15) is 0 Å². The van der Waals surface area contributed by atoms with Crippen LogP contribution in [0, 0.1) is 17.0 Å². The molecule has 0 radical (unpaired) electrons. The van der Waals surface area contributed by atoms with Crippen LogP contribution in [0.25, 0.3) is 10.4 Å². The number of ether oxygens (including phenoxy) is 1. The van der Waals surface area contributed by atoms with Gasteiger partial charge in [-0.3, -0.25) is 10.1 Å². The number of rotatable bonds is 5. The van der Waals surface area contributed by atoms with Gasteiger partial charge in [0.2, 0.25) is 0 Å². The summed E-state index contributed by atoms with van der Waals surface area (Å²) in [4.78, 5) is 12.7. The van der Waals surface area contributed by atoms with Gasteiger partial charge in [0.15, 0.2) is 0 Å². The summed E-state index contributed by atoms with van der Waals surface area (Å²) in [5.74, 6) is 0.524. The quantitative estimate of drug-likeness (QED) is 0.191. The Morgan fingerprint density at radius 3 is 2.94 bits per heavy atom. The molecular formula is C9H10N4O3. The SMILES string of the molecule is Cc1cc(OCCN=[N+]=[N-])ccc1[N+](=O)[O-]. The summed E-state index contributed by atoms with van der Waals surface area (Å²) >= 11 is 0. The van der Waals surface area contributed by atoms with Crippen molar-refractivity contribution >= 4 is 5.69 Å². The molecule has 16 heavy (non-hydrogen) atoms. The maximum atomic E-state index is 10.5. The fraction of sp³-hybridized carbons (Fsp3) is 0.333. The molecule has 0 spiro atoms. The van der Waals surface area contributed by atoms with Gasteiger partial charge in [-0.05, 0) is 24.6 Å². The Balaban J connectivity index is 2.66. The minimum atomic E-state index is -0.445. The zero-order chi connectivity index (χ0) is 12.0. The molecule has 0 aliphatic heterocycles. The Morgan fingerprint density at radius 2 is 2.38 bits per heavy atom. The molecule has 0 saturated carbocycles. The van der Waals surface area contributed by atoms with Crippen molar-refractivity contribution in [2.24, 2.45) is 5.11 Å². The van der Waals surface area contributed by atoms with E-state index in [-0.39, 0.29) is 18.8 Å². The summed E-state index contributed by atoms with van der Waals surface area (Å²) in [5, 5.41) is 13.8. The van der Waals surface area contributed by atoms with Crippen LogP contribution < -0.4 is 4.74 Å². The first-order valence-corrected chi connectivity index (χ1v) is 4.54. The highest BCUT2D eigenvalue weighted by Crippen LogP contribution is 2.22. The topological polar surface area (TPSA) is 101 Å². The Hall–Kier alpha value is -2.27. The minimum Gasteiger partial charge on any atom is -0.493 e. The maximum Gasteiger partial charge on any atom is 0.272 e. The molecule has 0 fully saturated rings. The molecule has 1 aromatic rings. The summed E-state index contributed by atoms with van der Waals surface area (Å²) in [6.07, 6.45) is 0. The van der Waals surface area contributed by atoms with Crippen LogP contribution in [0.5, 0.6) is 5.75 Å². The van der Waals surface area contributed by atoms with Crippen molar-refractivity contribution in [3.05, 3.63) is 44.3 Å². The van der Waals surface area contributed by atoms with E-state index < -0.39 is 4.92 Å². The predicted octanol–water partition coefficient (Wildman–Crippen LogP) is 2.59. The fourth-order valence-electron chi connectivity index (χ4n) is 1.17. The summed E-state index contributed by atoms with van der Waals surface area (Å²) in [5.41, 5.74) is 8.62. The monoisotopic (exact) mass is 222 g/mol. The van der Waals surface area contributed by atoms with Gasteiger partial charge in [0, 0.05) is 16.5 Å². The van der Waals surface area contributed by atoms with Crippen molar-refractivity contribution in [2.45, 2.75) is 6.92 Å². The van der Waals surface area contributed by atoms with Gasteiger partial charge in [-0.15, -0.1) is 0 Å². The van der Waals surface area contributed by atoms with Gasteiger partial charge >= 0.3 is 0 Å². The largest absolute Gasteiger partial charge is 0.493 e. The lowest BCUT2D eigenvalue weighted by Crippen LogP contribution is -2.01. The van der Waals surface area contributed by atoms with E-state index in [1.165, 1.54) is 12.1 Å². The van der Waals surface area contributed by atoms with E-state index in [0.717, 1.165) is 0 Å².